The average molecular weight is 329 g/mol. The molecule has 2 aliphatic heterocycles. The van der Waals surface area contributed by atoms with Crippen LogP contribution in [0.1, 0.15) is 76.7 Å². The maximum Gasteiger partial charge on any atom is 0.269 e. The Bertz CT molecular complexity index is 538. The zero-order valence-corrected chi connectivity index (χ0v) is 15.5. The van der Waals surface area contributed by atoms with E-state index in [2.05, 4.69) is 55.0 Å². The predicted octanol–water partition coefficient (Wildman–Crippen LogP) is 5.37. The summed E-state index contributed by atoms with van der Waals surface area (Å²) in [5.74, 6) is 1.21. The van der Waals surface area contributed by atoms with E-state index >= 15 is 0 Å². The third kappa shape index (κ3) is 3.59. The molecule has 3 atom stereocenters. The molecule has 2 heterocycles. The summed E-state index contributed by atoms with van der Waals surface area (Å²) >= 11 is 0. The van der Waals surface area contributed by atoms with Crippen LogP contribution in [0.5, 0.6) is 0 Å². The van der Waals surface area contributed by atoms with Gasteiger partial charge in [0.1, 0.15) is 12.8 Å². The van der Waals surface area contributed by atoms with Gasteiger partial charge in [0.2, 0.25) is 0 Å². The molecular weight excluding hydrogens is 294 g/mol. The lowest BCUT2D eigenvalue weighted by atomic mass is 9.77. The zero-order valence-electron chi connectivity index (χ0n) is 15.5. The fourth-order valence-corrected chi connectivity index (χ4v) is 4.85. The van der Waals surface area contributed by atoms with Crippen LogP contribution in [-0.4, -0.2) is 29.7 Å². The van der Waals surface area contributed by atoms with Crippen LogP contribution < -0.4 is 0 Å². The van der Waals surface area contributed by atoms with Crippen molar-refractivity contribution in [1.82, 2.24) is 0 Å². The summed E-state index contributed by atoms with van der Waals surface area (Å²) in [6.45, 7) is 6.44. The number of nitrogens with zero attached hydrogens (tertiary/aromatic N) is 1. The summed E-state index contributed by atoms with van der Waals surface area (Å²) in [4.78, 5) is 0. The van der Waals surface area contributed by atoms with Gasteiger partial charge >= 0.3 is 0 Å². The number of benzene rings is 1. The first kappa shape index (κ1) is 17.7. The van der Waals surface area contributed by atoms with Crippen molar-refractivity contribution in [2.75, 3.05) is 13.2 Å². The van der Waals surface area contributed by atoms with Crippen molar-refractivity contribution in [3.63, 3.8) is 0 Å². The third-order valence-electron chi connectivity index (χ3n) is 5.98. The highest BCUT2D eigenvalue weighted by atomic mass is 16.5. The summed E-state index contributed by atoms with van der Waals surface area (Å²) in [6, 6.07) is 11.1. The molecule has 0 radical (unpaired) electrons. The van der Waals surface area contributed by atoms with Gasteiger partial charge in [0, 0.05) is 12.8 Å². The van der Waals surface area contributed by atoms with E-state index in [1.807, 2.05) is 0 Å². The Morgan fingerprint density at radius 3 is 2.71 bits per heavy atom. The Kier molecular flexibility index (Phi) is 6.10. The molecule has 2 heteroatoms. The average Bonchev–Trinajstić information content (AvgIpc) is 3.03. The maximum absolute atomic E-state index is 6.44. The maximum atomic E-state index is 6.44. The topological polar surface area (TPSA) is 12.2 Å². The van der Waals surface area contributed by atoms with Crippen molar-refractivity contribution in [3.8, 4) is 0 Å². The molecule has 3 rings (SSSR count). The van der Waals surface area contributed by atoms with Gasteiger partial charge < -0.3 is 4.74 Å². The van der Waals surface area contributed by atoms with Gasteiger partial charge in [0.15, 0.2) is 0 Å². The number of ether oxygens (including phenoxy) is 1. The molecule has 1 saturated heterocycles. The van der Waals surface area contributed by atoms with Crippen LogP contribution in [0, 0.1) is 5.92 Å². The highest BCUT2D eigenvalue weighted by Crippen LogP contribution is 2.44. The minimum absolute atomic E-state index is 0.00769. The largest absolute Gasteiger partial charge is 0.319 e. The molecule has 0 spiro atoms. The molecule has 1 fully saturated rings. The van der Waals surface area contributed by atoms with E-state index in [-0.39, 0.29) is 5.72 Å². The number of hydrogen-bond donors (Lipinski definition) is 0. The second kappa shape index (κ2) is 8.29. The predicted molar refractivity (Wildman–Crippen MR) is 101 cm³/mol. The van der Waals surface area contributed by atoms with Crippen molar-refractivity contribution in [2.24, 2.45) is 5.92 Å². The van der Waals surface area contributed by atoms with E-state index in [9.17, 15) is 0 Å². The van der Waals surface area contributed by atoms with Crippen LogP contribution in [0.15, 0.2) is 30.3 Å². The molecule has 132 valence electrons. The summed E-state index contributed by atoms with van der Waals surface area (Å²) in [5.41, 5.74) is 1.46. The van der Waals surface area contributed by atoms with Gasteiger partial charge in [-0.3, -0.25) is 0 Å². The van der Waals surface area contributed by atoms with Crippen molar-refractivity contribution in [3.05, 3.63) is 35.9 Å². The highest BCUT2D eigenvalue weighted by molar-refractivity contribution is 5.64. The molecule has 2 aliphatic rings. The van der Waals surface area contributed by atoms with Crippen LogP contribution in [-0.2, 0) is 4.74 Å². The van der Waals surface area contributed by atoms with Crippen molar-refractivity contribution in [2.45, 2.75) is 76.9 Å². The van der Waals surface area contributed by atoms with Crippen LogP contribution >= 0.6 is 0 Å². The third-order valence-corrected chi connectivity index (χ3v) is 5.98. The summed E-state index contributed by atoms with van der Waals surface area (Å²) < 4.78 is 9.01. The fraction of sp³-hybridized carbons (Fsp3) is 0.682. The molecule has 24 heavy (non-hydrogen) atoms. The molecular formula is C22H34NO+. The lowest BCUT2D eigenvalue weighted by molar-refractivity contribution is -0.655. The molecule has 1 aromatic rings. The highest BCUT2D eigenvalue weighted by Gasteiger charge is 2.55. The van der Waals surface area contributed by atoms with Crippen LogP contribution in [0.3, 0.4) is 0 Å². The Labute approximate surface area is 147 Å². The first-order valence-corrected chi connectivity index (χ1v) is 10.1. The van der Waals surface area contributed by atoms with Gasteiger partial charge in [-0.15, -0.1) is 0 Å². The number of unbranched alkanes of at least 4 members (excludes halogenated alkanes) is 3. The van der Waals surface area contributed by atoms with Gasteiger partial charge in [-0.2, -0.15) is 0 Å². The van der Waals surface area contributed by atoms with Crippen LogP contribution in [0.2, 0.25) is 0 Å². The molecule has 0 bridgehead atoms. The number of rotatable bonds is 8. The Hall–Kier alpha value is -1.15. The normalized spacial score (nSPS) is 29.3. The van der Waals surface area contributed by atoms with Gasteiger partial charge in [-0.05, 0) is 25.3 Å². The van der Waals surface area contributed by atoms with Gasteiger partial charge in [-0.25, -0.2) is 4.58 Å². The fourth-order valence-electron chi connectivity index (χ4n) is 4.85. The molecule has 2 nitrogen and oxygen atoms in total. The van der Waals surface area contributed by atoms with Crippen molar-refractivity contribution >= 4 is 6.21 Å². The minimum Gasteiger partial charge on any atom is -0.319 e. The molecule has 0 aliphatic carbocycles. The lowest BCUT2D eigenvalue weighted by Gasteiger charge is -2.38. The van der Waals surface area contributed by atoms with E-state index in [0.717, 1.165) is 13.2 Å². The van der Waals surface area contributed by atoms with E-state index in [4.69, 9.17) is 4.74 Å². The monoisotopic (exact) mass is 328 g/mol. The second-order valence-electron chi connectivity index (χ2n) is 7.52. The molecule has 0 aromatic heterocycles. The SMILES string of the molecule is CCCCCCC1CC(c2ccccc2)C=[N+]2CCCC12OCC. The standard InChI is InChI=1S/C22H34NO/c1-3-5-6-10-14-21-17-20(19-12-8-7-9-13-19)18-23-16-11-15-22(21,23)24-4-2/h7-9,12-13,18,20-21H,3-6,10-11,14-17H2,1-2H3/q+1. The zero-order chi connectivity index (χ0) is 16.8. The van der Waals surface area contributed by atoms with Crippen LogP contribution in [0.4, 0.5) is 0 Å². The Morgan fingerprint density at radius 2 is 1.96 bits per heavy atom. The second-order valence-corrected chi connectivity index (χ2v) is 7.52. The Morgan fingerprint density at radius 1 is 1.12 bits per heavy atom. The molecule has 0 amide bonds. The van der Waals surface area contributed by atoms with Gasteiger partial charge in [0.25, 0.3) is 5.72 Å². The molecule has 3 unspecified atom stereocenters. The van der Waals surface area contributed by atoms with Crippen molar-refractivity contribution in [1.29, 1.82) is 0 Å². The number of hydrogen-bond acceptors (Lipinski definition) is 1. The van der Waals surface area contributed by atoms with Gasteiger partial charge in [0.05, 0.1) is 18.4 Å². The minimum atomic E-state index is -0.00769. The van der Waals surface area contributed by atoms with E-state index in [1.165, 1.54) is 56.9 Å². The van der Waals surface area contributed by atoms with E-state index in [0.29, 0.717) is 11.8 Å². The molecule has 1 aromatic carbocycles. The van der Waals surface area contributed by atoms with Crippen molar-refractivity contribution < 1.29 is 9.31 Å². The molecule has 0 N–H and O–H groups in total. The smallest absolute Gasteiger partial charge is 0.269 e. The first-order valence-electron chi connectivity index (χ1n) is 10.1. The quantitative estimate of drug-likeness (QED) is 0.461. The van der Waals surface area contributed by atoms with Gasteiger partial charge in [-0.1, -0.05) is 62.9 Å². The lowest BCUT2D eigenvalue weighted by Crippen LogP contribution is -2.51. The molecule has 0 saturated carbocycles. The summed E-state index contributed by atoms with van der Waals surface area (Å²) in [7, 11) is 0. The first-order chi connectivity index (χ1) is 11.8. The number of fused-ring (bicyclic) bond motifs is 1. The van der Waals surface area contributed by atoms with E-state index < -0.39 is 0 Å². The summed E-state index contributed by atoms with van der Waals surface area (Å²) in [5, 5.41) is 0. The van der Waals surface area contributed by atoms with Crippen LogP contribution in [0.25, 0.3) is 0 Å². The van der Waals surface area contributed by atoms with E-state index in [1.54, 1.807) is 0 Å². The Balaban J connectivity index is 1.82. The summed E-state index contributed by atoms with van der Waals surface area (Å²) in [6.07, 6.45) is 12.9.